The zero-order valence-corrected chi connectivity index (χ0v) is 13.2. The number of hydrogen-bond acceptors (Lipinski definition) is 5. The number of alkyl halides is 2. The molecule has 0 aliphatic heterocycles. The summed E-state index contributed by atoms with van der Waals surface area (Å²) in [7, 11) is 0. The van der Waals surface area contributed by atoms with Gasteiger partial charge < -0.3 is 4.74 Å². The number of nitrogens with one attached hydrogen (secondary N) is 1. The first-order valence-corrected chi connectivity index (χ1v) is 7.41. The van der Waals surface area contributed by atoms with Crippen LogP contribution in [0.2, 0.25) is 5.02 Å². The van der Waals surface area contributed by atoms with Gasteiger partial charge in [-0.1, -0.05) is 22.9 Å². The smallest absolute Gasteiger partial charge is 0.291 e. The maximum Gasteiger partial charge on any atom is 0.291 e. The Balaban J connectivity index is 1.99. The lowest BCUT2D eigenvalue weighted by molar-refractivity contribution is -0.122. The summed E-state index contributed by atoms with van der Waals surface area (Å²) in [4.78, 5) is 12.0. The molecule has 0 saturated carbocycles. The number of carbonyl (C=O) groups excluding carboxylic acids is 1. The highest BCUT2D eigenvalue weighted by Crippen LogP contribution is 2.26. The van der Waals surface area contributed by atoms with E-state index in [1.807, 2.05) is 0 Å². The van der Waals surface area contributed by atoms with E-state index in [9.17, 15) is 13.6 Å². The van der Waals surface area contributed by atoms with Crippen LogP contribution in [-0.2, 0) is 4.79 Å². The predicted octanol–water partition coefficient (Wildman–Crippen LogP) is 3.84. The van der Waals surface area contributed by atoms with Crippen molar-refractivity contribution in [2.75, 3.05) is 5.32 Å². The van der Waals surface area contributed by atoms with Crippen molar-refractivity contribution < 1.29 is 18.3 Å². The van der Waals surface area contributed by atoms with Crippen molar-refractivity contribution in [1.82, 2.24) is 10.2 Å². The Morgan fingerprint density at radius 2 is 2.14 bits per heavy atom. The Bertz CT molecular complexity index is 681. The van der Waals surface area contributed by atoms with Gasteiger partial charge >= 0.3 is 0 Å². The van der Waals surface area contributed by atoms with Gasteiger partial charge in [-0.15, -0.1) is 10.2 Å². The SMILES string of the molecule is Cc1cc(Cl)ccc1OC(C)C(=O)Nc1nnc(C(F)F)s1. The Labute approximate surface area is 134 Å². The highest BCUT2D eigenvalue weighted by atomic mass is 35.5. The van der Waals surface area contributed by atoms with Gasteiger partial charge in [-0.2, -0.15) is 0 Å². The molecule has 1 unspecified atom stereocenters. The highest BCUT2D eigenvalue weighted by Gasteiger charge is 2.19. The maximum atomic E-state index is 12.4. The fourth-order valence-electron chi connectivity index (χ4n) is 1.57. The molecule has 2 rings (SSSR count). The van der Waals surface area contributed by atoms with E-state index in [-0.39, 0.29) is 5.13 Å². The number of ether oxygens (including phenoxy) is 1. The van der Waals surface area contributed by atoms with Crippen LogP contribution in [0.1, 0.15) is 23.9 Å². The lowest BCUT2D eigenvalue weighted by Gasteiger charge is -2.15. The van der Waals surface area contributed by atoms with Gasteiger partial charge in [0.15, 0.2) is 11.1 Å². The molecular formula is C13H12ClF2N3O2S. The Kier molecular flexibility index (Phi) is 5.25. The number of rotatable bonds is 5. The topological polar surface area (TPSA) is 64.1 Å². The quantitative estimate of drug-likeness (QED) is 0.892. The summed E-state index contributed by atoms with van der Waals surface area (Å²) < 4.78 is 30.3. The molecule has 0 fully saturated rings. The summed E-state index contributed by atoms with van der Waals surface area (Å²) >= 11 is 6.46. The number of carbonyl (C=O) groups is 1. The van der Waals surface area contributed by atoms with Crippen LogP contribution in [0.3, 0.4) is 0 Å². The molecule has 9 heteroatoms. The number of benzene rings is 1. The van der Waals surface area contributed by atoms with E-state index >= 15 is 0 Å². The van der Waals surface area contributed by atoms with Crippen LogP contribution < -0.4 is 10.1 Å². The fourth-order valence-corrected chi connectivity index (χ4v) is 2.40. The largest absolute Gasteiger partial charge is 0.481 e. The van der Waals surface area contributed by atoms with Gasteiger partial charge in [-0.05, 0) is 37.6 Å². The molecule has 1 heterocycles. The zero-order valence-electron chi connectivity index (χ0n) is 11.6. The molecule has 1 atom stereocenters. The van der Waals surface area contributed by atoms with Crippen LogP contribution in [0.25, 0.3) is 0 Å². The van der Waals surface area contributed by atoms with E-state index < -0.39 is 23.4 Å². The number of aromatic nitrogens is 2. The number of amides is 1. The monoisotopic (exact) mass is 347 g/mol. The third-order valence-electron chi connectivity index (χ3n) is 2.67. The standard InChI is InChI=1S/C13H12ClF2N3O2S/c1-6-5-8(14)3-4-9(6)21-7(2)11(20)17-13-19-18-12(22-13)10(15)16/h3-5,7,10H,1-2H3,(H,17,19,20). The third-order valence-corrected chi connectivity index (χ3v) is 3.75. The van der Waals surface area contributed by atoms with Crippen molar-refractivity contribution in [3.05, 3.63) is 33.8 Å². The van der Waals surface area contributed by atoms with Gasteiger partial charge in [-0.3, -0.25) is 10.1 Å². The van der Waals surface area contributed by atoms with Gasteiger partial charge in [0, 0.05) is 5.02 Å². The minimum absolute atomic E-state index is 0.00331. The molecule has 1 amide bonds. The molecule has 5 nitrogen and oxygen atoms in total. The third kappa shape index (κ3) is 4.11. The number of anilines is 1. The summed E-state index contributed by atoms with van der Waals surface area (Å²) in [5.41, 5.74) is 0.781. The number of nitrogens with zero attached hydrogens (tertiary/aromatic N) is 2. The van der Waals surface area contributed by atoms with Crippen molar-refractivity contribution in [2.45, 2.75) is 26.4 Å². The maximum absolute atomic E-state index is 12.4. The summed E-state index contributed by atoms with van der Waals surface area (Å²) in [6.07, 6.45) is -3.55. The molecule has 0 radical (unpaired) electrons. The summed E-state index contributed by atoms with van der Waals surface area (Å²) in [5, 5.41) is 9.28. The molecule has 0 bridgehead atoms. The summed E-state index contributed by atoms with van der Waals surface area (Å²) in [5.74, 6) is 0.00361. The molecule has 0 saturated heterocycles. The lowest BCUT2D eigenvalue weighted by atomic mass is 10.2. The molecule has 0 spiro atoms. The normalized spacial score (nSPS) is 12.3. The second-order valence-corrected chi connectivity index (χ2v) is 5.85. The highest BCUT2D eigenvalue weighted by molar-refractivity contribution is 7.15. The predicted molar refractivity (Wildman–Crippen MR) is 79.8 cm³/mol. The van der Waals surface area contributed by atoms with E-state index in [2.05, 4.69) is 15.5 Å². The van der Waals surface area contributed by atoms with Crippen LogP contribution in [0.4, 0.5) is 13.9 Å². The molecule has 2 aromatic rings. The van der Waals surface area contributed by atoms with Crippen molar-refractivity contribution in [2.24, 2.45) is 0 Å². The van der Waals surface area contributed by atoms with E-state index in [1.165, 1.54) is 0 Å². The number of halogens is 3. The average Bonchev–Trinajstić information content (AvgIpc) is 2.90. The minimum Gasteiger partial charge on any atom is -0.481 e. The van der Waals surface area contributed by atoms with Crippen molar-refractivity contribution in [3.8, 4) is 5.75 Å². The first-order chi connectivity index (χ1) is 10.4. The van der Waals surface area contributed by atoms with Crippen LogP contribution in [0, 0.1) is 6.92 Å². The van der Waals surface area contributed by atoms with Crippen LogP contribution in [0.5, 0.6) is 5.75 Å². The summed E-state index contributed by atoms with van der Waals surface area (Å²) in [6, 6.07) is 5.01. The fraction of sp³-hybridized carbons (Fsp3) is 0.308. The molecule has 1 N–H and O–H groups in total. The van der Waals surface area contributed by atoms with Gasteiger partial charge in [0.25, 0.3) is 12.3 Å². The Morgan fingerprint density at radius 3 is 2.73 bits per heavy atom. The van der Waals surface area contributed by atoms with E-state index in [0.29, 0.717) is 22.1 Å². The van der Waals surface area contributed by atoms with Crippen molar-refractivity contribution in [1.29, 1.82) is 0 Å². The number of hydrogen-bond donors (Lipinski definition) is 1. The van der Waals surface area contributed by atoms with Crippen molar-refractivity contribution >= 4 is 34.0 Å². The van der Waals surface area contributed by atoms with Gasteiger partial charge in [0.1, 0.15) is 5.75 Å². The first-order valence-electron chi connectivity index (χ1n) is 6.22. The van der Waals surface area contributed by atoms with E-state index in [4.69, 9.17) is 16.3 Å². The minimum atomic E-state index is -2.71. The van der Waals surface area contributed by atoms with E-state index in [1.54, 1.807) is 32.0 Å². The summed E-state index contributed by atoms with van der Waals surface area (Å²) in [6.45, 7) is 3.34. The molecule has 1 aromatic carbocycles. The lowest BCUT2D eigenvalue weighted by Crippen LogP contribution is -2.30. The first kappa shape index (κ1) is 16.6. The molecule has 0 aliphatic carbocycles. The second kappa shape index (κ2) is 6.97. The van der Waals surface area contributed by atoms with Gasteiger partial charge in [0.2, 0.25) is 5.13 Å². The molecule has 0 aliphatic rings. The Morgan fingerprint density at radius 1 is 1.41 bits per heavy atom. The van der Waals surface area contributed by atoms with Crippen LogP contribution in [-0.4, -0.2) is 22.2 Å². The van der Waals surface area contributed by atoms with Gasteiger partial charge in [0.05, 0.1) is 0 Å². The van der Waals surface area contributed by atoms with Crippen molar-refractivity contribution in [3.63, 3.8) is 0 Å². The molecule has 22 heavy (non-hydrogen) atoms. The average molecular weight is 348 g/mol. The van der Waals surface area contributed by atoms with Crippen LogP contribution in [0.15, 0.2) is 18.2 Å². The number of aryl methyl sites for hydroxylation is 1. The second-order valence-electron chi connectivity index (χ2n) is 4.41. The van der Waals surface area contributed by atoms with Gasteiger partial charge in [-0.25, -0.2) is 8.78 Å². The van der Waals surface area contributed by atoms with E-state index in [0.717, 1.165) is 5.56 Å². The molecular weight excluding hydrogens is 336 g/mol. The Hall–Kier alpha value is -1.80. The zero-order chi connectivity index (χ0) is 16.3. The van der Waals surface area contributed by atoms with Crippen LogP contribution >= 0.6 is 22.9 Å². The molecule has 1 aromatic heterocycles. The molecule has 118 valence electrons.